The fraction of sp³-hybridized carbons (Fsp3) is 0.435. The fourth-order valence-corrected chi connectivity index (χ4v) is 3.51. The number of carbonyl (C=O) groups excluding carboxylic acids is 1. The predicted octanol–water partition coefficient (Wildman–Crippen LogP) is 4.49. The standard InChI is InChI=1S/C23H29N5O3/c1-14(2)11-23(4,5)13-25-20(29)16-7-9-17(10-8-16)26-27-19-15(3)18(12-24)21(30)28(6)22(19)31/h7-10,14,30H,11,13H2,1-6H3,(H,25,29). The number of amides is 1. The van der Waals surface area contributed by atoms with Gasteiger partial charge in [-0.3, -0.25) is 14.2 Å². The van der Waals surface area contributed by atoms with Gasteiger partial charge in [0.05, 0.1) is 5.69 Å². The summed E-state index contributed by atoms with van der Waals surface area (Å²) in [4.78, 5) is 24.8. The normalized spacial score (nSPS) is 11.7. The molecular formula is C23H29N5O3. The van der Waals surface area contributed by atoms with E-state index in [1.165, 1.54) is 14.0 Å². The summed E-state index contributed by atoms with van der Waals surface area (Å²) < 4.78 is 0.953. The van der Waals surface area contributed by atoms with Crippen LogP contribution in [0.2, 0.25) is 0 Å². The van der Waals surface area contributed by atoms with Crippen molar-refractivity contribution in [3.05, 3.63) is 51.3 Å². The highest BCUT2D eigenvalue weighted by molar-refractivity contribution is 5.94. The van der Waals surface area contributed by atoms with Crippen LogP contribution in [0.15, 0.2) is 39.3 Å². The molecule has 1 aromatic carbocycles. The maximum absolute atomic E-state index is 12.4. The number of azo groups is 1. The summed E-state index contributed by atoms with van der Waals surface area (Å²) in [6, 6.07) is 8.40. The molecule has 0 fully saturated rings. The number of hydrogen-bond donors (Lipinski definition) is 2. The van der Waals surface area contributed by atoms with Gasteiger partial charge in [0, 0.05) is 24.7 Å². The highest BCUT2D eigenvalue weighted by Crippen LogP contribution is 2.26. The minimum atomic E-state index is -0.558. The lowest BCUT2D eigenvalue weighted by Crippen LogP contribution is -2.34. The Bertz CT molecular complexity index is 1090. The molecule has 0 bridgehead atoms. The molecule has 0 atom stereocenters. The maximum Gasteiger partial charge on any atom is 0.281 e. The van der Waals surface area contributed by atoms with Crippen LogP contribution >= 0.6 is 0 Å². The molecule has 8 nitrogen and oxygen atoms in total. The Labute approximate surface area is 182 Å². The maximum atomic E-state index is 12.4. The zero-order chi connectivity index (χ0) is 23.3. The van der Waals surface area contributed by atoms with Gasteiger partial charge in [0.25, 0.3) is 11.5 Å². The summed E-state index contributed by atoms with van der Waals surface area (Å²) in [6.45, 7) is 10.7. The van der Waals surface area contributed by atoms with Crippen LogP contribution in [-0.2, 0) is 7.05 Å². The van der Waals surface area contributed by atoms with Crippen molar-refractivity contribution >= 4 is 17.3 Å². The number of aromatic hydroxyl groups is 1. The Morgan fingerprint density at radius 3 is 2.42 bits per heavy atom. The van der Waals surface area contributed by atoms with Crippen LogP contribution in [0.4, 0.5) is 11.4 Å². The van der Waals surface area contributed by atoms with Crippen molar-refractivity contribution in [1.82, 2.24) is 9.88 Å². The molecule has 1 heterocycles. The van der Waals surface area contributed by atoms with E-state index in [4.69, 9.17) is 0 Å². The van der Waals surface area contributed by atoms with E-state index in [1.54, 1.807) is 24.3 Å². The number of rotatable bonds is 7. The van der Waals surface area contributed by atoms with Crippen molar-refractivity contribution in [2.45, 2.75) is 41.0 Å². The van der Waals surface area contributed by atoms with E-state index in [9.17, 15) is 20.0 Å². The Kier molecular flexibility index (Phi) is 7.34. The first kappa shape index (κ1) is 23.8. The minimum Gasteiger partial charge on any atom is -0.493 e. The van der Waals surface area contributed by atoms with E-state index in [0.29, 0.717) is 23.7 Å². The van der Waals surface area contributed by atoms with Gasteiger partial charge in [-0.1, -0.05) is 27.7 Å². The Morgan fingerprint density at radius 1 is 1.26 bits per heavy atom. The molecule has 0 saturated carbocycles. The van der Waals surface area contributed by atoms with Crippen molar-refractivity contribution in [3.8, 4) is 11.9 Å². The minimum absolute atomic E-state index is 0.00835. The van der Waals surface area contributed by atoms with Crippen LogP contribution < -0.4 is 10.9 Å². The monoisotopic (exact) mass is 423 g/mol. The number of nitriles is 1. The van der Waals surface area contributed by atoms with Crippen LogP contribution in [0.25, 0.3) is 0 Å². The van der Waals surface area contributed by atoms with E-state index in [1.807, 2.05) is 6.07 Å². The smallest absolute Gasteiger partial charge is 0.281 e. The zero-order valence-corrected chi connectivity index (χ0v) is 18.9. The van der Waals surface area contributed by atoms with Gasteiger partial charge in [-0.2, -0.15) is 10.4 Å². The second kappa shape index (κ2) is 9.56. The average molecular weight is 424 g/mol. The van der Waals surface area contributed by atoms with Crippen LogP contribution in [-0.4, -0.2) is 22.1 Å². The molecule has 0 spiro atoms. The Hall–Kier alpha value is -3.47. The number of carbonyl (C=O) groups is 1. The number of hydrogen-bond acceptors (Lipinski definition) is 6. The molecule has 1 amide bonds. The molecule has 2 N–H and O–H groups in total. The molecule has 0 radical (unpaired) electrons. The zero-order valence-electron chi connectivity index (χ0n) is 18.9. The van der Waals surface area contributed by atoms with Crippen LogP contribution in [0, 0.1) is 29.6 Å². The van der Waals surface area contributed by atoms with Crippen LogP contribution in [0.1, 0.15) is 55.6 Å². The van der Waals surface area contributed by atoms with Gasteiger partial charge >= 0.3 is 0 Å². The molecule has 2 rings (SSSR count). The summed E-state index contributed by atoms with van der Waals surface area (Å²) >= 11 is 0. The summed E-state index contributed by atoms with van der Waals surface area (Å²) in [6.07, 6.45) is 1.01. The molecule has 0 unspecified atom stereocenters. The van der Waals surface area contributed by atoms with Crippen LogP contribution in [0.5, 0.6) is 5.88 Å². The lowest BCUT2D eigenvalue weighted by Gasteiger charge is -2.26. The number of benzene rings is 1. The van der Waals surface area contributed by atoms with E-state index in [2.05, 4.69) is 43.2 Å². The third-order valence-corrected chi connectivity index (χ3v) is 4.97. The van der Waals surface area contributed by atoms with Crippen molar-refractivity contribution in [3.63, 3.8) is 0 Å². The van der Waals surface area contributed by atoms with E-state index < -0.39 is 11.4 Å². The molecule has 164 valence electrons. The predicted molar refractivity (Wildman–Crippen MR) is 119 cm³/mol. The first-order chi connectivity index (χ1) is 14.5. The van der Waals surface area contributed by atoms with Crippen molar-refractivity contribution in [2.75, 3.05) is 6.54 Å². The summed E-state index contributed by atoms with van der Waals surface area (Å²) in [5, 5.41) is 30.1. The topological polar surface area (TPSA) is 120 Å². The number of aromatic nitrogens is 1. The summed E-state index contributed by atoms with van der Waals surface area (Å²) in [7, 11) is 1.35. The average Bonchev–Trinajstić information content (AvgIpc) is 2.70. The fourth-order valence-electron chi connectivity index (χ4n) is 3.51. The molecule has 0 aliphatic rings. The molecule has 0 saturated heterocycles. The molecule has 0 aliphatic heterocycles. The highest BCUT2D eigenvalue weighted by Gasteiger charge is 2.21. The molecular weight excluding hydrogens is 394 g/mol. The van der Waals surface area contributed by atoms with Gasteiger partial charge in [0.1, 0.15) is 11.6 Å². The first-order valence-electron chi connectivity index (χ1n) is 10.1. The van der Waals surface area contributed by atoms with E-state index in [0.717, 1.165) is 11.0 Å². The molecule has 8 heteroatoms. The van der Waals surface area contributed by atoms with Gasteiger partial charge < -0.3 is 10.4 Å². The number of nitrogens with one attached hydrogen (secondary N) is 1. The summed E-state index contributed by atoms with van der Waals surface area (Å²) in [5.41, 5.74) is 0.612. The third-order valence-electron chi connectivity index (χ3n) is 4.97. The largest absolute Gasteiger partial charge is 0.493 e. The Balaban J connectivity index is 2.16. The number of pyridine rings is 1. The molecule has 2 aromatic rings. The van der Waals surface area contributed by atoms with Gasteiger partial charge in [0.2, 0.25) is 5.88 Å². The van der Waals surface area contributed by atoms with Gasteiger partial charge in [-0.05, 0) is 48.9 Å². The first-order valence-corrected chi connectivity index (χ1v) is 10.1. The number of nitrogens with zero attached hydrogens (tertiary/aromatic N) is 4. The lowest BCUT2D eigenvalue weighted by atomic mass is 9.84. The quantitative estimate of drug-likeness (QED) is 0.638. The van der Waals surface area contributed by atoms with Crippen molar-refractivity contribution < 1.29 is 9.90 Å². The molecule has 31 heavy (non-hydrogen) atoms. The lowest BCUT2D eigenvalue weighted by molar-refractivity contribution is 0.0931. The van der Waals surface area contributed by atoms with E-state index >= 15 is 0 Å². The summed E-state index contributed by atoms with van der Waals surface area (Å²) in [5.74, 6) is -0.0204. The third kappa shape index (κ3) is 5.79. The van der Waals surface area contributed by atoms with Gasteiger partial charge in [-0.25, -0.2) is 0 Å². The second-order valence-corrected chi connectivity index (χ2v) is 8.84. The molecule has 0 aliphatic carbocycles. The van der Waals surface area contributed by atoms with Crippen LogP contribution in [0.3, 0.4) is 0 Å². The molecule has 1 aromatic heterocycles. The van der Waals surface area contributed by atoms with Crippen molar-refractivity contribution in [1.29, 1.82) is 5.26 Å². The van der Waals surface area contributed by atoms with E-state index in [-0.39, 0.29) is 28.1 Å². The highest BCUT2D eigenvalue weighted by atomic mass is 16.3. The SMILES string of the molecule is Cc1c(C#N)c(O)n(C)c(=O)c1N=Nc1ccc(C(=O)NCC(C)(C)CC(C)C)cc1. The second-order valence-electron chi connectivity index (χ2n) is 8.84. The van der Waals surface area contributed by atoms with Crippen molar-refractivity contribution in [2.24, 2.45) is 28.6 Å². The van der Waals surface area contributed by atoms with Gasteiger partial charge in [-0.15, -0.1) is 5.11 Å². The van der Waals surface area contributed by atoms with Gasteiger partial charge in [0.15, 0.2) is 5.69 Å². The Morgan fingerprint density at radius 2 is 1.87 bits per heavy atom.